The molecule has 0 saturated carbocycles. The molecular formula is C17H16Cl2N4O. The van der Waals surface area contributed by atoms with Crippen molar-refractivity contribution in [2.24, 2.45) is 7.05 Å². The first-order chi connectivity index (χ1) is 11.5. The quantitative estimate of drug-likeness (QED) is 0.708. The number of nitrogens with zero attached hydrogens (tertiary/aromatic N) is 4. The average Bonchev–Trinajstić information content (AvgIpc) is 3.19. The van der Waals surface area contributed by atoms with Gasteiger partial charge in [-0.05, 0) is 29.8 Å². The molecule has 24 heavy (non-hydrogen) atoms. The molecule has 2 heterocycles. The average molecular weight is 363 g/mol. The topological polar surface area (TPSA) is 43.1 Å². The molecule has 3 aromatic rings. The van der Waals surface area contributed by atoms with Crippen molar-refractivity contribution in [3.8, 4) is 5.82 Å². The van der Waals surface area contributed by atoms with Crippen LogP contribution in [0.2, 0.25) is 10.0 Å². The molecule has 0 unspecified atom stereocenters. The molecule has 7 heteroatoms. The van der Waals surface area contributed by atoms with Crippen LogP contribution in [0.3, 0.4) is 0 Å². The maximum Gasteiger partial charge on any atom is 0.259 e. The van der Waals surface area contributed by atoms with E-state index in [1.807, 2.05) is 42.2 Å². The van der Waals surface area contributed by atoms with Crippen molar-refractivity contribution in [3.05, 3.63) is 70.1 Å². The number of aromatic nitrogens is 3. The molecule has 124 valence electrons. The lowest BCUT2D eigenvalue weighted by atomic mass is 10.2. The third kappa shape index (κ3) is 3.18. The number of hydrogen-bond acceptors (Lipinski definition) is 2. The molecule has 0 aliphatic heterocycles. The van der Waals surface area contributed by atoms with Gasteiger partial charge in [-0.25, -0.2) is 0 Å². The van der Waals surface area contributed by atoms with Crippen LogP contribution in [0.15, 0.2) is 48.9 Å². The molecule has 0 N–H and O–H groups in total. The summed E-state index contributed by atoms with van der Waals surface area (Å²) < 4.78 is 3.55. The van der Waals surface area contributed by atoms with Crippen molar-refractivity contribution in [1.82, 2.24) is 19.2 Å². The summed E-state index contributed by atoms with van der Waals surface area (Å²) >= 11 is 12.0. The maximum atomic E-state index is 12.8. The van der Waals surface area contributed by atoms with Gasteiger partial charge < -0.3 is 9.47 Å². The van der Waals surface area contributed by atoms with Crippen molar-refractivity contribution in [2.75, 3.05) is 7.05 Å². The monoisotopic (exact) mass is 362 g/mol. The lowest BCUT2D eigenvalue weighted by molar-refractivity contribution is 0.0785. The number of benzene rings is 1. The standard InChI is InChI=1S/C17H16Cl2N4O/c1-21(11-12-5-6-14(18)15(19)9-12)17(24)13-10-20-22(2)16(13)23-7-3-4-8-23/h3-10H,11H2,1-2H3. The number of halogens is 2. The summed E-state index contributed by atoms with van der Waals surface area (Å²) in [4.78, 5) is 14.5. The fourth-order valence-electron chi connectivity index (χ4n) is 2.55. The minimum absolute atomic E-state index is 0.113. The minimum Gasteiger partial charge on any atom is -0.337 e. The first-order valence-electron chi connectivity index (χ1n) is 7.32. The molecule has 2 aromatic heterocycles. The number of aryl methyl sites for hydroxylation is 1. The molecule has 5 nitrogen and oxygen atoms in total. The van der Waals surface area contributed by atoms with Gasteiger partial charge in [0.05, 0.1) is 16.2 Å². The smallest absolute Gasteiger partial charge is 0.259 e. The summed E-state index contributed by atoms with van der Waals surface area (Å²) in [6.07, 6.45) is 5.35. The fourth-order valence-corrected chi connectivity index (χ4v) is 2.87. The van der Waals surface area contributed by atoms with E-state index in [1.165, 1.54) is 0 Å². The normalized spacial score (nSPS) is 10.8. The van der Waals surface area contributed by atoms with E-state index < -0.39 is 0 Å². The second-order valence-corrected chi connectivity index (χ2v) is 6.32. The lowest BCUT2D eigenvalue weighted by Crippen LogP contribution is -2.27. The Labute approximate surface area is 150 Å². The molecule has 0 atom stereocenters. The Bertz CT molecular complexity index is 871. The highest BCUT2D eigenvalue weighted by molar-refractivity contribution is 6.42. The second-order valence-electron chi connectivity index (χ2n) is 5.51. The highest BCUT2D eigenvalue weighted by Crippen LogP contribution is 2.24. The molecule has 0 radical (unpaired) electrons. The minimum atomic E-state index is -0.113. The van der Waals surface area contributed by atoms with Crippen molar-refractivity contribution in [2.45, 2.75) is 6.54 Å². The second kappa shape index (κ2) is 6.71. The summed E-state index contributed by atoms with van der Waals surface area (Å²) in [6, 6.07) is 9.16. The molecule has 1 aromatic carbocycles. The Kier molecular flexibility index (Phi) is 4.64. The van der Waals surface area contributed by atoms with Gasteiger partial charge in [0.1, 0.15) is 11.4 Å². The van der Waals surface area contributed by atoms with Gasteiger partial charge in [0.2, 0.25) is 0 Å². The number of hydrogen-bond donors (Lipinski definition) is 0. The van der Waals surface area contributed by atoms with Crippen LogP contribution >= 0.6 is 23.2 Å². The summed E-state index contributed by atoms with van der Waals surface area (Å²) in [6.45, 7) is 0.426. The summed E-state index contributed by atoms with van der Waals surface area (Å²) in [5, 5.41) is 5.19. The van der Waals surface area contributed by atoms with Crippen LogP contribution < -0.4 is 0 Å². The first-order valence-corrected chi connectivity index (χ1v) is 8.07. The number of carbonyl (C=O) groups excluding carboxylic acids is 1. The van der Waals surface area contributed by atoms with E-state index in [1.54, 1.807) is 35.0 Å². The lowest BCUT2D eigenvalue weighted by Gasteiger charge is -2.18. The largest absolute Gasteiger partial charge is 0.337 e. The van der Waals surface area contributed by atoms with Crippen molar-refractivity contribution in [1.29, 1.82) is 0 Å². The van der Waals surface area contributed by atoms with Crippen molar-refractivity contribution < 1.29 is 4.79 Å². The van der Waals surface area contributed by atoms with E-state index in [0.717, 1.165) is 11.4 Å². The molecule has 0 aliphatic carbocycles. The molecule has 3 rings (SSSR count). The zero-order valence-electron chi connectivity index (χ0n) is 13.3. The van der Waals surface area contributed by atoms with Gasteiger partial charge >= 0.3 is 0 Å². The van der Waals surface area contributed by atoms with E-state index in [2.05, 4.69) is 5.10 Å². The van der Waals surface area contributed by atoms with Gasteiger partial charge in [0.25, 0.3) is 5.91 Å². The van der Waals surface area contributed by atoms with E-state index in [0.29, 0.717) is 22.2 Å². The molecule has 0 spiro atoms. The predicted molar refractivity (Wildman–Crippen MR) is 94.8 cm³/mol. The Balaban J connectivity index is 1.85. The first kappa shape index (κ1) is 16.6. The highest BCUT2D eigenvalue weighted by atomic mass is 35.5. The van der Waals surface area contributed by atoms with E-state index in [-0.39, 0.29) is 5.91 Å². The van der Waals surface area contributed by atoms with Gasteiger partial charge in [0, 0.05) is 33.0 Å². The molecular weight excluding hydrogens is 347 g/mol. The van der Waals surface area contributed by atoms with Crippen LogP contribution in [0.5, 0.6) is 0 Å². The fraction of sp³-hybridized carbons (Fsp3) is 0.176. The van der Waals surface area contributed by atoms with E-state index in [4.69, 9.17) is 23.2 Å². The van der Waals surface area contributed by atoms with Gasteiger partial charge in [-0.2, -0.15) is 5.10 Å². The Morgan fingerprint density at radius 2 is 1.92 bits per heavy atom. The molecule has 0 bridgehead atoms. The van der Waals surface area contributed by atoms with Crippen LogP contribution in [0.4, 0.5) is 0 Å². The van der Waals surface area contributed by atoms with Crippen LogP contribution in [-0.2, 0) is 13.6 Å². The Morgan fingerprint density at radius 1 is 1.21 bits per heavy atom. The SMILES string of the molecule is CN(Cc1ccc(Cl)c(Cl)c1)C(=O)c1cnn(C)c1-n1cccc1. The van der Waals surface area contributed by atoms with Crippen LogP contribution in [0.25, 0.3) is 5.82 Å². The molecule has 1 amide bonds. The van der Waals surface area contributed by atoms with Crippen LogP contribution in [0.1, 0.15) is 15.9 Å². The van der Waals surface area contributed by atoms with Crippen LogP contribution in [0, 0.1) is 0 Å². The molecule has 0 fully saturated rings. The molecule has 0 aliphatic rings. The number of amides is 1. The van der Waals surface area contributed by atoms with Gasteiger partial charge in [-0.1, -0.05) is 29.3 Å². The molecule has 0 saturated heterocycles. The van der Waals surface area contributed by atoms with Crippen molar-refractivity contribution >= 4 is 29.1 Å². The zero-order chi connectivity index (χ0) is 17.3. The van der Waals surface area contributed by atoms with Crippen molar-refractivity contribution in [3.63, 3.8) is 0 Å². The third-order valence-electron chi connectivity index (χ3n) is 3.74. The van der Waals surface area contributed by atoms with Gasteiger partial charge in [-0.15, -0.1) is 0 Å². The predicted octanol–water partition coefficient (Wildman–Crippen LogP) is 3.79. The maximum absolute atomic E-state index is 12.8. The Hall–Kier alpha value is -2.24. The third-order valence-corrected chi connectivity index (χ3v) is 4.48. The number of carbonyl (C=O) groups is 1. The summed E-state index contributed by atoms with van der Waals surface area (Å²) in [5.74, 6) is 0.615. The van der Waals surface area contributed by atoms with Gasteiger partial charge in [-0.3, -0.25) is 9.48 Å². The zero-order valence-corrected chi connectivity index (χ0v) is 14.8. The Morgan fingerprint density at radius 3 is 2.58 bits per heavy atom. The van der Waals surface area contributed by atoms with E-state index in [9.17, 15) is 4.79 Å². The summed E-state index contributed by atoms with van der Waals surface area (Å²) in [7, 11) is 3.56. The van der Waals surface area contributed by atoms with Gasteiger partial charge in [0.15, 0.2) is 0 Å². The number of rotatable bonds is 4. The highest BCUT2D eigenvalue weighted by Gasteiger charge is 2.20. The van der Waals surface area contributed by atoms with E-state index >= 15 is 0 Å². The van der Waals surface area contributed by atoms with Crippen LogP contribution in [-0.4, -0.2) is 32.2 Å². The summed E-state index contributed by atoms with van der Waals surface area (Å²) in [5.41, 5.74) is 1.45.